The van der Waals surface area contributed by atoms with Gasteiger partial charge in [0.05, 0.1) is 0 Å². The van der Waals surface area contributed by atoms with Crippen LogP contribution in [-0.4, -0.2) is 19.6 Å². The van der Waals surface area contributed by atoms with Crippen molar-refractivity contribution in [1.82, 2.24) is 0 Å². The molecule has 0 amide bonds. The van der Waals surface area contributed by atoms with Gasteiger partial charge in [-0.15, -0.1) is 0 Å². The van der Waals surface area contributed by atoms with E-state index in [1.54, 1.807) is 12.1 Å². The molecule has 1 saturated heterocycles. The van der Waals surface area contributed by atoms with Gasteiger partial charge in [-0.2, -0.15) is 0 Å². The Hall–Kier alpha value is -1.09. The molecule has 2 rings (SSSR count). The predicted octanol–water partition coefficient (Wildman–Crippen LogP) is 3.73. The fourth-order valence-electron chi connectivity index (χ4n) is 3.32. The van der Waals surface area contributed by atoms with Crippen LogP contribution >= 0.6 is 0 Å². The van der Waals surface area contributed by atoms with Crippen LogP contribution in [0.1, 0.15) is 45.1 Å². The van der Waals surface area contributed by atoms with Crippen LogP contribution < -0.4 is 10.6 Å². The van der Waals surface area contributed by atoms with E-state index in [4.69, 9.17) is 5.73 Å². The zero-order valence-corrected chi connectivity index (χ0v) is 12.8. The van der Waals surface area contributed by atoms with E-state index in [9.17, 15) is 4.39 Å². The molecule has 0 aromatic heterocycles. The molecule has 1 aliphatic rings. The van der Waals surface area contributed by atoms with Crippen molar-refractivity contribution in [2.75, 3.05) is 24.5 Å². The van der Waals surface area contributed by atoms with Gasteiger partial charge in [0.15, 0.2) is 0 Å². The Morgan fingerprint density at radius 2 is 1.80 bits per heavy atom. The first-order chi connectivity index (χ1) is 9.62. The monoisotopic (exact) mass is 278 g/mol. The molecular formula is C17H27FN2. The van der Waals surface area contributed by atoms with Crippen LogP contribution in [0.15, 0.2) is 18.2 Å². The van der Waals surface area contributed by atoms with Crippen LogP contribution in [0.4, 0.5) is 10.1 Å². The van der Waals surface area contributed by atoms with Crippen LogP contribution in [0.25, 0.3) is 0 Å². The van der Waals surface area contributed by atoms with Gasteiger partial charge in [-0.05, 0) is 55.0 Å². The summed E-state index contributed by atoms with van der Waals surface area (Å²) in [7, 11) is 0. The van der Waals surface area contributed by atoms with Gasteiger partial charge < -0.3 is 10.6 Å². The minimum absolute atomic E-state index is 0.145. The number of hydrogen-bond donors (Lipinski definition) is 1. The van der Waals surface area contributed by atoms with Gasteiger partial charge in [0.1, 0.15) is 5.82 Å². The van der Waals surface area contributed by atoms with Gasteiger partial charge in [0, 0.05) is 18.8 Å². The molecule has 0 spiro atoms. The van der Waals surface area contributed by atoms with Crippen molar-refractivity contribution >= 4 is 5.69 Å². The molecule has 0 saturated carbocycles. The molecule has 3 heteroatoms. The van der Waals surface area contributed by atoms with Crippen LogP contribution in [0.2, 0.25) is 0 Å². The minimum atomic E-state index is -0.145. The summed E-state index contributed by atoms with van der Waals surface area (Å²) >= 11 is 0. The van der Waals surface area contributed by atoms with Crippen molar-refractivity contribution in [3.63, 3.8) is 0 Å². The molecule has 0 atom stereocenters. The van der Waals surface area contributed by atoms with E-state index < -0.39 is 0 Å². The molecule has 0 aliphatic carbocycles. The Balaban J connectivity index is 2.10. The second-order valence-electron chi connectivity index (χ2n) is 6.05. The average molecular weight is 278 g/mol. The molecule has 112 valence electrons. The lowest BCUT2D eigenvalue weighted by molar-refractivity contribution is 0.199. The fourth-order valence-corrected chi connectivity index (χ4v) is 3.32. The number of hydrogen-bond acceptors (Lipinski definition) is 2. The first-order valence-electron chi connectivity index (χ1n) is 7.87. The Kier molecular flexibility index (Phi) is 5.03. The minimum Gasteiger partial charge on any atom is -0.371 e. The Labute approximate surface area is 122 Å². The van der Waals surface area contributed by atoms with E-state index in [2.05, 4.69) is 24.8 Å². The summed E-state index contributed by atoms with van der Waals surface area (Å²) < 4.78 is 13.7. The number of piperidine rings is 1. The first kappa shape index (κ1) is 15.3. The fraction of sp³-hybridized carbons (Fsp3) is 0.647. The van der Waals surface area contributed by atoms with Crippen LogP contribution in [0.3, 0.4) is 0 Å². The Morgan fingerprint density at radius 1 is 1.15 bits per heavy atom. The van der Waals surface area contributed by atoms with Crippen LogP contribution in [0.5, 0.6) is 0 Å². The van der Waals surface area contributed by atoms with Gasteiger partial charge in [-0.3, -0.25) is 0 Å². The number of halogens is 1. The van der Waals surface area contributed by atoms with Crippen molar-refractivity contribution < 1.29 is 4.39 Å². The Bertz CT molecular complexity index is 431. The zero-order chi connectivity index (χ0) is 14.6. The third-order valence-corrected chi connectivity index (χ3v) is 5.06. The van der Waals surface area contributed by atoms with Crippen LogP contribution in [-0.2, 0) is 6.42 Å². The maximum Gasteiger partial charge on any atom is 0.125 e. The second kappa shape index (κ2) is 6.57. The summed E-state index contributed by atoms with van der Waals surface area (Å²) in [5.41, 5.74) is 8.11. The van der Waals surface area contributed by atoms with E-state index in [0.29, 0.717) is 12.0 Å². The first-order valence-corrected chi connectivity index (χ1v) is 7.87. The van der Waals surface area contributed by atoms with Crippen molar-refractivity contribution in [3.8, 4) is 0 Å². The maximum absolute atomic E-state index is 13.7. The summed E-state index contributed by atoms with van der Waals surface area (Å²) in [5, 5.41) is 0. The number of anilines is 1. The third-order valence-electron chi connectivity index (χ3n) is 5.06. The standard InChI is InChI=1S/C17H27FN2/c1-3-17(4-2)6-9-20(10-7-17)16-12-14(5-8-19)11-15(18)13-16/h11-13H,3-10,19H2,1-2H3. The van der Waals surface area contributed by atoms with Gasteiger partial charge in [-0.1, -0.05) is 26.7 Å². The molecule has 1 aliphatic heterocycles. The zero-order valence-electron chi connectivity index (χ0n) is 12.8. The lowest BCUT2D eigenvalue weighted by Gasteiger charge is -2.42. The third kappa shape index (κ3) is 3.32. The second-order valence-corrected chi connectivity index (χ2v) is 6.05. The van der Waals surface area contributed by atoms with E-state index >= 15 is 0 Å². The highest BCUT2D eigenvalue weighted by Gasteiger charge is 2.31. The molecule has 2 N–H and O–H groups in total. The number of nitrogens with zero attached hydrogens (tertiary/aromatic N) is 1. The molecule has 1 aromatic rings. The summed E-state index contributed by atoms with van der Waals surface area (Å²) in [6.45, 7) is 7.22. The van der Waals surface area contributed by atoms with Crippen molar-refractivity contribution in [3.05, 3.63) is 29.6 Å². The van der Waals surface area contributed by atoms with Gasteiger partial charge in [0.25, 0.3) is 0 Å². The molecule has 0 unspecified atom stereocenters. The lowest BCUT2D eigenvalue weighted by atomic mass is 9.74. The van der Waals surface area contributed by atoms with E-state index in [1.807, 2.05) is 0 Å². The summed E-state index contributed by atoms with van der Waals surface area (Å²) in [4.78, 5) is 2.33. The number of nitrogens with two attached hydrogens (primary N) is 1. The van der Waals surface area contributed by atoms with Gasteiger partial charge in [-0.25, -0.2) is 4.39 Å². The predicted molar refractivity (Wildman–Crippen MR) is 83.6 cm³/mol. The summed E-state index contributed by atoms with van der Waals surface area (Å²) in [6, 6.07) is 5.36. The molecule has 20 heavy (non-hydrogen) atoms. The normalized spacial score (nSPS) is 18.3. The highest BCUT2D eigenvalue weighted by atomic mass is 19.1. The molecule has 1 fully saturated rings. The Morgan fingerprint density at radius 3 is 2.35 bits per heavy atom. The lowest BCUT2D eigenvalue weighted by Crippen LogP contribution is -2.39. The van der Waals surface area contributed by atoms with Crippen molar-refractivity contribution in [2.45, 2.75) is 46.0 Å². The SMILES string of the molecule is CCC1(CC)CCN(c2cc(F)cc(CCN)c2)CC1. The van der Waals surface area contributed by atoms with Gasteiger partial charge >= 0.3 is 0 Å². The highest BCUT2D eigenvalue weighted by molar-refractivity contribution is 5.49. The summed E-state index contributed by atoms with van der Waals surface area (Å²) in [6.07, 6.45) is 5.66. The van der Waals surface area contributed by atoms with Crippen LogP contribution in [0, 0.1) is 11.2 Å². The largest absolute Gasteiger partial charge is 0.371 e. The average Bonchev–Trinajstić information content (AvgIpc) is 2.47. The van der Waals surface area contributed by atoms with E-state index in [-0.39, 0.29) is 5.82 Å². The van der Waals surface area contributed by atoms with Crippen molar-refractivity contribution in [2.24, 2.45) is 11.1 Å². The molecular weight excluding hydrogens is 251 g/mol. The highest BCUT2D eigenvalue weighted by Crippen LogP contribution is 2.39. The topological polar surface area (TPSA) is 29.3 Å². The van der Waals surface area contributed by atoms with Crippen molar-refractivity contribution in [1.29, 1.82) is 0 Å². The number of benzene rings is 1. The molecule has 0 bridgehead atoms. The number of rotatable bonds is 5. The molecule has 1 heterocycles. The molecule has 2 nitrogen and oxygen atoms in total. The summed E-state index contributed by atoms with van der Waals surface area (Å²) in [5.74, 6) is -0.145. The van der Waals surface area contributed by atoms with E-state index in [0.717, 1.165) is 30.8 Å². The maximum atomic E-state index is 13.7. The van der Waals surface area contributed by atoms with Gasteiger partial charge in [0.2, 0.25) is 0 Å². The molecule has 1 aromatic carbocycles. The smallest absolute Gasteiger partial charge is 0.125 e. The van der Waals surface area contributed by atoms with E-state index in [1.165, 1.54) is 25.7 Å². The molecule has 0 radical (unpaired) electrons. The quantitative estimate of drug-likeness (QED) is 0.889.